The molecule has 1 saturated heterocycles. The fourth-order valence-electron chi connectivity index (χ4n) is 3.71. The van der Waals surface area contributed by atoms with E-state index in [0.29, 0.717) is 6.54 Å². The van der Waals surface area contributed by atoms with Crippen molar-refractivity contribution in [2.75, 3.05) is 33.9 Å². The summed E-state index contributed by atoms with van der Waals surface area (Å²) in [5.74, 6) is 2.41. The van der Waals surface area contributed by atoms with Crippen LogP contribution in [0.25, 0.3) is 0 Å². The minimum atomic E-state index is -0.546. The van der Waals surface area contributed by atoms with E-state index in [-0.39, 0.29) is 12.6 Å². The Morgan fingerprint density at radius 2 is 1.96 bits per heavy atom. The first-order chi connectivity index (χ1) is 13.1. The van der Waals surface area contributed by atoms with Gasteiger partial charge >= 0.3 is 0 Å². The van der Waals surface area contributed by atoms with Crippen molar-refractivity contribution in [1.82, 2.24) is 4.90 Å². The van der Waals surface area contributed by atoms with Crippen molar-refractivity contribution in [1.29, 1.82) is 0 Å². The van der Waals surface area contributed by atoms with Gasteiger partial charge in [-0.05, 0) is 50.1 Å². The van der Waals surface area contributed by atoms with Crippen molar-refractivity contribution in [3.05, 3.63) is 53.6 Å². The van der Waals surface area contributed by atoms with E-state index in [9.17, 15) is 5.11 Å². The summed E-state index contributed by atoms with van der Waals surface area (Å²) in [4.78, 5) is 2.31. The van der Waals surface area contributed by atoms with Gasteiger partial charge in [0.25, 0.3) is 0 Å². The van der Waals surface area contributed by atoms with E-state index < -0.39 is 6.10 Å². The summed E-state index contributed by atoms with van der Waals surface area (Å²) in [6, 6.07) is 14.1. The molecule has 1 aliphatic heterocycles. The zero-order valence-electron chi connectivity index (χ0n) is 16.4. The number of ether oxygens (including phenoxy) is 3. The van der Waals surface area contributed by atoms with E-state index in [1.165, 1.54) is 0 Å². The number of nitrogens with zero attached hydrogens (tertiary/aromatic N) is 1. The van der Waals surface area contributed by atoms with Crippen LogP contribution in [-0.2, 0) is 0 Å². The Morgan fingerprint density at radius 1 is 1.11 bits per heavy atom. The first-order valence-corrected chi connectivity index (χ1v) is 9.44. The third kappa shape index (κ3) is 4.93. The number of methoxy groups -OCH3 is 2. The summed E-state index contributed by atoms with van der Waals surface area (Å²) >= 11 is 0. The first kappa shape index (κ1) is 19.5. The molecule has 5 nitrogen and oxygen atoms in total. The first-order valence-electron chi connectivity index (χ1n) is 9.44. The van der Waals surface area contributed by atoms with Gasteiger partial charge in [-0.25, -0.2) is 0 Å². The van der Waals surface area contributed by atoms with Crippen LogP contribution >= 0.6 is 0 Å². The van der Waals surface area contributed by atoms with Crippen LogP contribution in [0.4, 0.5) is 0 Å². The molecule has 1 aliphatic rings. The number of β-amino-alcohol motifs (C(OH)–C–C–N with tert-alkyl or cyclic N) is 1. The molecule has 146 valence electrons. The van der Waals surface area contributed by atoms with E-state index in [0.717, 1.165) is 47.8 Å². The Labute approximate surface area is 161 Å². The zero-order chi connectivity index (χ0) is 19.2. The zero-order valence-corrected chi connectivity index (χ0v) is 16.4. The minimum Gasteiger partial charge on any atom is -0.497 e. The Bertz CT molecular complexity index is 749. The second kappa shape index (κ2) is 9.11. The van der Waals surface area contributed by atoms with Crippen molar-refractivity contribution in [3.8, 4) is 17.2 Å². The maximum absolute atomic E-state index is 10.5. The molecule has 3 rings (SSSR count). The van der Waals surface area contributed by atoms with Gasteiger partial charge in [0.2, 0.25) is 0 Å². The molecule has 1 fully saturated rings. The normalized spacial score (nSPS) is 18.3. The smallest absolute Gasteiger partial charge is 0.127 e. The fourth-order valence-corrected chi connectivity index (χ4v) is 3.71. The van der Waals surface area contributed by atoms with Crippen LogP contribution in [0.1, 0.15) is 30.0 Å². The van der Waals surface area contributed by atoms with E-state index in [1.54, 1.807) is 14.2 Å². The minimum absolute atomic E-state index is 0.236. The Hall–Kier alpha value is -2.24. The van der Waals surface area contributed by atoms with Gasteiger partial charge < -0.3 is 19.3 Å². The van der Waals surface area contributed by atoms with Crippen LogP contribution in [0.5, 0.6) is 17.2 Å². The summed E-state index contributed by atoms with van der Waals surface area (Å²) in [7, 11) is 3.34. The third-order valence-corrected chi connectivity index (χ3v) is 5.04. The summed E-state index contributed by atoms with van der Waals surface area (Å²) < 4.78 is 16.6. The molecule has 2 unspecified atom stereocenters. The predicted molar refractivity (Wildman–Crippen MR) is 106 cm³/mol. The molecule has 0 aliphatic carbocycles. The molecule has 0 radical (unpaired) electrons. The quantitative estimate of drug-likeness (QED) is 0.769. The molecular weight excluding hydrogens is 342 g/mol. The lowest BCUT2D eigenvalue weighted by atomic mass is 10.0. The van der Waals surface area contributed by atoms with Crippen molar-refractivity contribution in [2.45, 2.75) is 31.9 Å². The summed E-state index contributed by atoms with van der Waals surface area (Å²) in [6.07, 6.45) is 1.61. The standard InChI is InChI=1S/C22H29NO4/c1-16-6-4-7-19(12-16)27-15-17(24)14-23-11-5-8-21(23)20-10-9-18(25-2)13-22(20)26-3/h4,6-7,9-10,12-13,17,21,24H,5,8,11,14-15H2,1-3H3. The molecule has 0 spiro atoms. The number of aryl methyl sites for hydroxylation is 1. The molecule has 1 N–H and O–H groups in total. The van der Waals surface area contributed by atoms with Crippen LogP contribution in [0.15, 0.2) is 42.5 Å². The molecule has 2 aromatic rings. The average molecular weight is 371 g/mol. The molecule has 27 heavy (non-hydrogen) atoms. The van der Waals surface area contributed by atoms with Crippen LogP contribution in [0.3, 0.4) is 0 Å². The van der Waals surface area contributed by atoms with Gasteiger partial charge in [-0.2, -0.15) is 0 Å². The number of aliphatic hydroxyl groups excluding tert-OH is 1. The fraction of sp³-hybridized carbons (Fsp3) is 0.455. The lowest BCUT2D eigenvalue weighted by Gasteiger charge is -2.28. The van der Waals surface area contributed by atoms with Crippen molar-refractivity contribution in [3.63, 3.8) is 0 Å². The molecular formula is C22H29NO4. The highest BCUT2D eigenvalue weighted by atomic mass is 16.5. The number of rotatable bonds is 8. The second-order valence-electron chi connectivity index (χ2n) is 7.04. The van der Waals surface area contributed by atoms with Gasteiger partial charge in [0.1, 0.15) is 30.0 Å². The topological polar surface area (TPSA) is 51.2 Å². The largest absolute Gasteiger partial charge is 0.497 e. The molecule has 0 bridgehead atoms. The van der Waals surface area contributed by atoms with Gasteiger partial charge in [0, 0.05) is 24.2 Å². The third-order valence-electron chi connectivity index (χ3n) is 5.04. The number of aliphatic hydroxyl groups is 1. The highest BCUT2D eigenvalue weighted by molar-refractivity contribution is 5.43. The van der Waals surface area contributed by atoms with Crippen LogP contribution in [0, 0.1) is 6.92 Å². The Morgan fingerprint density at radius 3 is 2.70 bits per heavy atom. The number of benzene rings is 2. The van der Waals surface area contributed by atoms with Gasteiger partial charge in [-0.3, -0.25) is 4.90 Å². The average Bonchev–Trinajstić information content (AvgIpc) is 3.13. The highest BCUT2D eigenvalue weighted by Crippen LogP contribution is 2.38. The van der Waals surface area contributed by atoms with Crippen molar-refractivity contribution < 1.29 is 19.3 Å². The summed E-state index contributed by atoms with van der Waals surface area (Å²) in [5, 5.41) is 10.5. The maximum Gasteiger partial charge on any atom is 0.127 e. The Kier molecular flexibility index (Phi) is 6.58. The molecule has 1 heterocycles. The number of hydrogen-bond donors (Lipinski definition) is 1. The van der Waals surface area contributed by atoms with Crippen molar-refractivity contribution >= 4 is 0 Å². The molecule has 2 atom stereocenters. The van der Waals surface area contributed by atoms with Crippen LogP contribution in [0.2, 0.25) is 0 Å². The lowest BCUT2D eigenvalue weighted by Crippen LogP contribution is -2.35. The van der Waals surface area contributed by atoms with E-state index in [1.807, 2.05) is 43.3 Å². The highest BCUT2D eigenvalue weighted by Gasteiger charge is 2.30. The molecule has 0 saturated carbocycles. The van der Waals surface area contributed by atoms with E-state index in [4.69, 9.17) is 14.2 Å². The van der Waals surface area contributed by atoms with E-state index in [2.05, 4.69) is 11.0 Å². The predicted octanol–water partition coefficient (Wildman–Crippen LogP) is 3.59. The van der Waals surface area contributed by atoms with Crippen molar-refractivity contribution in [2.24, 2.45) is 0 Å². The molecule has 5 heteroatoms. The Balaban J connectivity index is 1.62. The van der Waals surface area contributed by atoms with Crippen LogP contribution < -0.4 is 14.2 Å². The number of likely N-dealkylation sites (tertiary alicyclic amines) is 1. The van der Waals surface area contributed by atoms with Gasteiger partial charge in [0.15, 0.2) is 0 Å². The van der Waals surface area contributed by atoms with Gasteiger partial charge in [-0.15, -0.1) is 0 Å². The summed E-state index contributed by atoms with van der Waals surface area (Å²) in [6.45, 7) is 3.85. The molecule has 0 aromatic heterocycles. The maximum atomic E-state index is 10.5. The molecule has 2 aromatic carbocycles. The van der Waals surface area contributed by atoms with Gasteiger partial charge in [-0.1, -0.05) is 18.2 Å². The monoisotopic (exact) mass is 371 g/mol. The van der Waals surface area contributed by atoms with Crippen LogP contribution in [-0.4, -0.2) is 50.0 Å². The van der Waals surface area contributed by atoms with E-state index >= 15 is 0 Å². The van der Waals surface area contributed by atoms with Gasteiger partial charge in [0.05, 0.1) is 14.2 Å². The second-order valence-corrected chi connectivity index (χ2v) is 7.04. The number of hydrogen-bond acceptors (Lipinski definition) is 5. The SMILES string of the molecule is COc1ccc(C2CCCN2CC(O)COc2cccc(C)c2)c(OC)c1. The summed E-state index contributed by atoms with van der Waals surface area (Å²) in [5.41, 5.74) is 2.29. The lowest BCUT2D eigenvalue weighted by molar-refractivity contribution is 0.0635. The molecule has 0 amide bonds.